The summed E-state index contributed by atoms with van der Waals surface area (Å²) in [5.41, 5.74) is 13.5. The van der Waals surface area contributed by atoms with Gasteiger partial charge in [-0.3, -0.25) is 0 Å². The molecule has 0 spiro atoms. The van der Waals surface area contributed by atoms with Crippen LogP contribution in [0.25, 0.3) is 0 Å². The maximum absolute atomic E-state index is 5.73. The van der Waals surface area contributed by atoms with Crippen LogP contribution in [0.5, 0.6) is 0 Å². The van der Waals surface area contributed by atoms with Gasteiger partial charge in [0.1, 0.15) is 5.82 Å². The number of aromatic nitrogens is 3. The molecule has 0 aliphatic carbocycles. The molecular weight excluding hydrogens is 226 g/mol. The van der Waals surface area contributed by atoms with Crippen LogP contribution < -0.4 is 11.5 Å². The monoisotopic (exact) mass is 243 g/mol. The first-order valence-corrected chi connectivity index (χ1v) is 6.21. The quantitative estimate of drug-likeness (QED) is 0.747. The zero-order valence-electron chi connectivity index (χ0n) is 10.4. The summed E-state index contributed by atoms with van der Waals surface area (Å²) in [6.45, 7) is 2.16. The SMILES string of the molecule is CC1C(c2ccc(N)cc2)CCc2nc(N)nn21. The van der Waals surface area contributed by atoms with Crippen molar-refractivity contribution in [2.24, 2.45) is 0 Å². The molecule has 18 heavy (non-hydrogen) atoms. The molecule has 94 valence electrons. The lowest BCUT2D eigenvalue weighted by Crippen LogP contribution is -2.24. The van der Waals surface area contributed by atoms with E-state index in [0.717, 1.165) is 24.4 Å². The smallest absolute Gasteiger partial charge is 0.239 e. The van der Waals surface area contributed by atoms with E-state index in [1.54, 1.807) is 0 Å². The van der Waals surface area contributed by atoms with E-state index in [1.165, 1.54) is 5.56 Å². The Morgan fingerprint density at radius 3 is 2.67 bits per heavy atom. The standard InChI is InChI=1S/C13H17N5/c1-8-11(9-2-4-10(14)5-3-9)6-7-12-16-13(15)17-18(8)12/h2-5,8,11H,6-7,14H2,1H3,(H2,15,17). The van der Waals surface area contributed by atoms with Crippen LogP contribution in [0.2, 0.25) is 0 Å². The van der Waals surface area contributed by atoms with Crippen LogP contribution in [0.15, 0.2) is 24.3 Å². The first-order valence-electron chi connectivity index (χ1n) is 6.21. The minimum atomic E-state index is 0.280. The van der Waals surface area contributed by atoms with Crippen molar-refractivity contribution in [3.63, 3.8) is 0 Å². The predicted molar refractivity (Wildman–Crippen MR) is 71.1 cm³/mol. The van der Waals surface area contributed by atoms with Gasteiger partial charge in [0.2, 0.25) is 5.95 Å². The molecule has 1 aromatic heterocycles. The molecule has 1 aromatic carbocycles. The average molecular weight is 243 g/mol. The number of aryl methyl sites for hydroxylation is 1. The minimum absolute atomic E-state index is 0.280. The fourth-order valence-electron chi connectivity index (χ4n) is 2.76. The molecule has 2 heterocycles. The summed E-state index contributed by atoms with van der Waals surface area (Å²) < 4.78 is 1.96. The Labute approximate surface area is 106 Å². The van der Waals surface area contributed by atoms with E-state index in [9.17, 15) is 0 Å². The van der Waals surface area contributed by atoms with Gasteiger partial charge >= 0.3 is 0 Å². The van der Waals surface area contributed by atoms with Gasteiger partial charge in [-0.05, 0) is 31.0 Å². The molecule has 1 aliphatic heterocycles. The molecule has 5 heteroatoms. The van der Waals surface area contributed by atoms with Crippen LogP contribution >= 0.6 is 0 Å². The van der Waals surface area contributed by atoms with Crippen LogP contribution in [0, 0.1) is 0 Å². The van der Waals surface area contributed by atoms with Crippen LogP contribution in [0.3, 0.4) is 0 Å². The van der Waals surface area contributed by atoms with Crippen molar-refractivity contribution in [3.05, 3.63) is 35.7 Å². The van der Waals surface area contributed by atoms with E-state index in [1.807, 2.05) is 16.8 Å². The fourth-order valence-corrected chi connectivity index (χ4v) is 2.76. The van der Waals surface area contributed by atoms with E-state index in [2.05, 4.69) is 29.1 Å². The van der Waals surface area contributed by atoms with Gasteiger partial charge in [-0.1, -0.05) is 12.1 Å². The highest BCUT2D eigenvalue weighted by Gasteiger charge is 2.29. The number of nitrogens with two attached hydrogens (primary N) is 2. The first-order chi connectivity index (χ1) is 8.65. The fraction of sp³-hybridized carbons (Fsp3) is 0.385. The molecule has 0 fully saturated rings. The molecule has 0 saturated carbocycles. The summed E-state index contributed by atoms with van der Waals surface area (Å²) in [7, 11) is 0. The molecule has 2 atom stereocenters. The Morgan fingerprint density at radius 1 is 1.22 bits per heavy atom. The van der Waals surface area contributed by atoms with Crippen molar-refractivity contribution in [2.45, 2.75) is 31.7 Å². The summed E-state index contributed by atoms with van der Waals surface area (Å²) in [5, 5.41) is 4.28. The van der Waals surface area contributed by atoms with E-state index in [0.29, 0.717) is 11.9 Å². The predicted octanol–water partition coefficient (Wildman–Crippen LogP) is 1.73. The largest absolute Gasteiger partial charge is 0.399 e. The number of fused-ring (bicyclic) bond motifs is 1. The third-order valence-corrected chi connectivity index (χ3v) is 3.73. The van der Waals surface area contributed by atoms with Crippen molar-refractivity contribution in [1.29, 1.82) is 0 Å². The summed E-state index contributed by atoms with van der Waals surface area (Å²) in [5.74, 6) is 1.81. The first kappa shape index (κ1) is 11.1. The van der Waals surface area contributed by atoms with Crippen molar-refractivity contribution in [3.8, 4) is 0 Å². The summed E-state index contributed by atoms with van der Waals surface area (Å²) in [4.78, 5) is 4.25. The molecule has 2 unspecified atom stereocenters. The van der Waals surface area contributed by atoms with Gasteiger partial charge in [0, 0.05) is 18.0 Å². The number of nitrogen functional groups attached to an aromatic ring is 2. The Morgan fingerprint density at radius 2 is 1.94 bits per heavy atom. The lowest BCUT2D eigenvalue weighted by atomic mass is 9.86. The molecule has 0 amide bonds. The summed E-state index contributed by atoms with van der Waals surface area (Å²) in [6.07, 6.45) is 1.99. The van der Waals surface area contributed by atoms with Gasteiger partial charge in [-0.25, -0.2) is 4.68 Å². The number of benzene rings is 1. The maximum Gasteiger partial charge on any atom is 0.239 e. The number of anilines is 2. The van der Waals surface area contributed by atoms with Crippen LogP contribution in [-0.4, -0.2) is 14.8 Å². The molecule has 5 nitrogen and oxygen atoms in total. The van der Waals surface area contributed by atoms with Crippen molar-refractivity contribution < 1.29 is 0 Å². The second-order valence-corrected chi connectivity index (χ2v) is 4.88. The van der Waals surface area contributed by atoms with E-state index >= 15 is 0 Å². The van der Waals surface area contributed by atoms with Gasteiger partial charge in [0.15, 0.2) is 0 Å². The number of hydrogen-bond donors (Lipinski definition) is 2. The van der Waals surface area contributed by atoms with Crippen LogP contribution in [0.1, 0.15) is 36.7 Å². The second-order valence-electron chi connectivity index (χ2n) is 4.88. The highest BCUT2D eigenvalue weighted by atomic mass is 15.4. The maximum atomic E-state index is 5.73. The summed E-state index contributed by atoms with van der Waals surface area (Å²) in [6, 6.07) is 8.38. The minimum Gasteiger partial charge on any atom is -0.399 e. The molecular formula is C13H17N5. The van der Waals surface area contributed by atoms with E-state index in [4.69, 9.17) is 11.5 Å². The zero-order valence-corrected chi connectivity index (χ0v) is 10.4. The Bertz CT molecular complexity index is 557. The molecule has 2 aromatic rings. The van der Waals surface area contributed by atoms with Crippen LogP contribution in [0.4, 0.5) is 11.6 Å². The molecule has 0 radical (unpaired) electrons. The van der Waals surface area contributed by atoms with E-state index in [-0.39, 0.29) is 6.04 Å². The average Bonchev–Trinajstić information content (AvgIpc) is 2.73. The topological polar surface area (TPSA) is 82.8 Å². The van der Waals surface area contributed by atoms with Gasteiger partial charge in [-0.2, -0.15) is 4.98 Å². The Hall–Kier alpha value is -2.04. The molecule has 3 rings (SSSR count). The van der Waals surface area contributed by atoms with Gasteiger partial charge < -0.3 is 11.5 Å². The van der Waals surface area contributed by atoms with Crippen molar-refractivity contribution >= 4 is 11.6 Å². The third kappa shape index (κ3) is 1.72. The second kappa shape index (κ2) is 4.01. The number of rotatable bonds is 1. The highest BCUT2D eigenvalue weighted by Crippen LogP contribution is 2.37. The molecule has 0 saturated heterocycles. The third-order valence-electron chi connectivity index (χ3n) is 3.73. The highest BCUT2D eigenvalue weighted by molar-refractivity contribution is 5.40. The van der Waals surface area contributed by atoms with Gasteiger partial charge in [0.25, 0.3) is 0 Å². The van der Waals surface area contributed by atoms with Crippen molar-refractivity contribution in [1.82, 2.24) is 14.8 Å². The lowest BCUT2D eigenvalue weighted by Gasteiger charge is -2.29. The Balaban J connectivity index is 1.94. The number of hydrogen-bond acceptors (Lipinski definition) is 4. The Kier molecular flexibility index (Phi) is 2.47. The molecule has 4 N–H and O–H groups in total. The van der Waals surface area contributed by atoms with Crippen molar-refractivity contribution in [2.75, 3.05) is 11.5 Å². The zero-order chi connectivity index (χ0) is 12.7. The number of nitrogens with zero attached hydrogens (tertiary/aromatic N) is 3. The van der Waals surface area contributed by atoms with Gasteiger partial charge in [0.05, 0.1) is 6.04 Å². The summed E-state index contributed by atoms with van der Waals surface area (Å²) >= 11 is 0. The molecule has 1 aliphatic rings. The van der Waals surface area contributed by atoms with Gasteiger partial charge in [-0.15, -0.1) is 5.10 Å². The normalized spacial score (nSPS) is 22.7. The lowest BCUT2D eigenvalue weighted by molar-refractivity contribution is 0.338. The van der Waals surface area contributed by atoms with Crippen LogP contribution in [-0.2, 0) is 6.42 Å². The molecule has 0 bridgehead atoms. The van der Waals surface area contributed by atoms with E-state index < -0.39 is 0 Å².